The Morgan fingerprint density at radius 1 is 0.909 bits per heavy atom. The molecule has 0 N–H and O–H groups in total. The molecular weight excluding hydrogens is 444 g/mol. The molecule has 0 amide bonds. The van der Waals surface area contributed by atoms with E-state index in [4.69, 9.17) is 35.3 Å². The predicted molar refractivity (Wildman–Crippen MR) is 131 cm³/mol. The molecule has 1 saturated heterocycles. The topological polar surface area (TPSA) is 63.2 Å². The van der Waals surface area contributed by atoms with Crippen molar-refractivity contribution in [2.75, 3.05) is 52.9 Å². The average molecular weight is 485 g/mol. The highest BCUT2D eigenvalue weighted by atomic mass is 35.5. The van der Waals surface area contributed by atoms with E-state index in [1.807, 2.05) is 18.2 Å². The van der Waals surface area contributed by atoms with Gasteiger partial charge in [0.25, 0.3) is 5.24 Å². The summed E-state index contributed by atoms with van der Waals surface area (Å²) in [6, 6.07) is 5.71. The van der Waals surface area contributed by atoms with Crippen LogP contribution in [-0.4, -0.2) is 64.2 Å². The lowest BCUT2D eigenvalue weighted by Crippen LogP contribution is -2.30. The molecular formula is C26H41ClO6. The van der Waals surface area contributed by atoms with Crippen molar-refractivity contribution >= 4 is 16.8 Å². The van der Waals surface area contributed by atoms with Gasteiger partial charge in [-0.05, 0) is 42.1 Å². The van der Waals surface area contributed by atoms with Gasteiger partial charge in [0, 0.05) is 0 Å². The number of hydrogen-bond donors (Lipinski definition) is 0. The van der Waals surface area contributed by atoms with Gasteiger partial charge in [0.2, 0.25) is 0 Å². The first-order chi connectivity index (χ1) is 16.2. The predicted octanol–water partition coefficient (Wildman–Crippen LogP) is 5.58. The Morgan fingerprint density at radius 3 is 2.24 bits per heavy atom. The number of carbonyl (C=O) groups is 1. The van der Waals surface area contributed by atoms with Crippen molar-refractivity contribution in [2.24, 2.45) is 0 Å². The second-order valence-corrected chi connectivity index (χ2v) is 8.78. The summed E-state index contributed by atoms with van der Waals surface area (Å²) in [6.45, 7) is 5.90. The molecule has 33 heavy (non-hydrogen) atoms. The van der Waals surface area contributed by atoms with Crippen LogP contribution >= 0.6 is 11.6 Å². The van der Waals surface area contributed by atoms with E-state index < -0.39 is 5.24 Å². The van der Waals surface area contributed by atoms with Crippen LogP contribution in [-0.2, 0) is 25.4 Å². The molecule has 0 radical (unpaired) electrons. The SMILES string of the molecule is CCCCCCCCCCc1ccc(OCC2COCCOCCOCCO2)c(C(=O)Cl)c1. The van der Waals surface area contributed by atoms with Crippen molar-refractivity contribution in [1.29, 1.82) is 0 Å². The van der Waals surface area contributed by atoms with Crippen LogP contribution in [0.3, 0.4) is 0 Å². The van der Waals surface area contributed by atoms with E-state index >= 15 is 0 Å². The molecule has 188 valence electrons. The summed E-state index contributed by atoms with van der Waals surface area (Å²) in [7, 11) is 0. The molecule has 7 heteroatoms. The minimum atomic E-state index is -0.510. The molecule has 1 aliphatic heterocycles. The molecule has 0 aliphatic carbocycles. The fourth-order valence-electron chi connectivity index (χ4n) is 3.73. The first-order valence-electron chi connectivity index (χ1n) is 12.5. The number of unbranched alkanes of at least 4 members (excludes halogenated alkanes) is 7. The third-order valence-corrected chi connectivity index (χ3v) is 5.83. The lowest BCUT2D eigenvalue weighted by Gasteiger charge is -2.20. The van der Waals surface area contributed by atoms with Crippen LogP contribution in [0.5, 0.6) is 5.75 Å². The molecule has 0 spiro atoms. The monoisotopic (exact) mass is 484 g/mol. The molecule has 1 unspecified atom stereocenters. The minimum Gasteiger partial charge on any atom is -0.490 e. The van der Waals surface area contributed by atoms with E-state index in [0.717, 1.165) is 18.4 Å². The molecule has 1 fully saturated rings. The summed E-state index contributed by atoms with van der Waals surface area (Å²) in [4.78, 5) is 12.0. The van der Waals surface area contributed by atoms with E-state index in [9.17, 15) is 4.79 Å². The lowest BCUT2D eigenvalue weighted by atomic mass is 10.0. The molecule has 2 rings (SSSR count). The van der Waals surface area contributed by atoms with Crippen molar-refractivity contribution in [1.82, 2.24) is 0 Å². The van der Waals surface area contributed by atoms with Crippen molar-refractivity contribution in [2.45, 2.75) is 70.8 Å². The Hall–Kier alpha value is -1.18. The number of halogens is 1. The van der Waals surface area contributed by atoms with E-state index in [0.29, 0.717) is 57.6 Å². The first-order valence-corrected chi connectivity index (χ1v) is 12.9. The summed E-state index contributed by atoms with van der Waals surface area (Å²) < 4.78 is 28.3. The average Bonchev–Trinajstić information content (AvgIpc) is 2.80. The second-order valence-electron chi connectivity index (χ2n) is 8.43. The summed E-state index contributed by atoms with van der Waals surface area (Å²) in [5.74, 6) is 0.476. The Bertz CT molecular complexity index is 642. The highest BCUT2D eigenvalue weighted by Gasteiger charge is 2.16. The molecule has 1 aromatic carbocycles. The fraction of sp³-hybridized carbons (Fsp3) is 0.731. The van der Waals surface area contributed by atoms with Gasteiger partial charge in [0.1, 0.15) is 18.5 Å². The molecule has 1 aromatic rings. The van der Waals surface area contributed by atoms with E-state index in [1.54, 1.807) is 0 Å². The summed E-state index contributed by atoms with van der Waals surface area (Å²) in [6.07, 6.45) is 10.9. The number of benzene rings is 1. The number of hydrogen-bond acceptors (Lipinski definition) is 6. The number of aryl methyl sites for hydroxylation is 1. The van der Waals surface area contributed by atoms with Gasteiger partial charge in [-0.25, -0.2) is 0 Å². The van der Waals surface area contributed by atoms with Gasteiger partial charge in [0.15, 0.2) is 0 Å². The summed E-state index contributed by atoms with van der Waals surface area (Å²) >= 11 is 5.86. The molecule has 0 aromatic heterocycles. The van der Waals surface area contributed by atoms with Crippen molar-refractivity contribution in [3.8, 4) is 5.75 Å². The summed E-state index contributed by atoms with van der Waals surface area (Å²) in [5.41, 5.74) is 1.51. The fourth-order valence-corrected chi connectivity index (χ4v) is 3.88. The van der Waals surface area contributed by atoms with Crippen LogP contribution in [0.1, 0.15) is 74.2 Å². The van der Waals surface area contributed by atoms with Crippen molar-refractivity contribution < 1.29 is 28.5 Å². The van der Waals surface area contributed by atoms with Crippen LogP contribution in [0, 0.1) is 0 Å². The van der Waals surface area contributed by atoms with Crippen LogP contribution < -0.4 is 4.74 Å². The number of rotatable bonds is 13. The zero-order chi connectivity index (χ0) is 23.6. The molecule has 1 atom stereocenters. The largest absolute Gasteiger partial charge is 0.490 e. The number of ether oxygens (including phenoxy) is 5. The van der Waals surface area contributed by atoms with Gasteiger partial charge >= 0.3 is 0 Å². The van der Waals surface area contributed by atoms with Crippen LogP contribution in [0.25, 0.3) is 0 Å². The zero-order valence-electron chi connectivity index (χ0n) is 20.2. The van der Waals surface area contributed by atoms with Crippen LogP contribution in [0.2, 0.25) is 0 Å². The van der Waals surface area contributed by atoms with Gasteiger partial charge in [-0.1, -0.05) is 57.9 Å². The van der Waals surface area contributed by atoms with Crippen LogP contribution in [0.4, 0.5) is 0 Å². The molecule has 1 heterocycles. The third-order valence-electron chi connectivity index (χ3n) is 5.63. The molecule has 0 saturated carbocycles. The highest BCUT2D eigenvalue weighted by Crippen LogP contribution is 2.24. The Kier molecular flexibility index (Phi) is 15.5. The maximum absolute atomic E-state index is 12.0. The Labute approximate surface area is 204 Å². The van der Waals surface area contributed by atoms with E-state index in [-0.39, 0.29) is 12.7 Å². The summed E-state index contributed by atoms with van der Waals surface area (Å²) in [5, 5.41) is -0.510. The molecule has 6 nitrogen and oxygen atoms in total. The van der Waals surface area contributed by atoms with Gasteiger partial charge in [-0.2, -0.15) is 0 Å². The van der Waals surface area contributed by atoms with E-state index in [1.165, 1.54) is 44.9 Å². The standard InChI is InChI=1S/C26H41ClO6/c1-2-3-4-5-6-7-8-9-10-22-11-12-25(24(19-22)26(27)28)33-21-23-20-31-16-15-29-13-14-30-17-18-32-23/h11-12,19,23H,2-10,13-18,20-21H2,1H3. The number of carbonyl (C=O) groups excluding carboxylic acids is 1. The maximum atomic E-state index is 12.0. The minimum absolute atomic E-state index is 0.259. The smallest absolute Gasteiger partial charge is 0.256 e. The highest BCUT2D eigenvalue weighted by molar-refractivity contribution is 6.68. The first kappa shape index (κ1) is 28.1. The van der Waals surface area contributed by atoms with Crippen molar-refractivity contribution in [3.05, 3.63) is 29.3 Å². The van der Waals surface area contributed by atoms with Gasteiger partial charge in [-0.3, -0.25) is 4.79 Å². The second kappa shape index (κ2) is 18.2. The van der Waals surface area contributed by atoms with Gasteiger partial charge in [-0.15, -0.1) is 0 Å². The van der Waals surface area contributed by atoms with Gasteiger partial charge in [0.05, 0.1) is 51.8 Å². The normalized spacial score (nSPS) is 18.3. The lowest BCUT2D eigenvalue weighted by molar-refractivity contribution is -0.0774. The van der Waals surface area contributed by atoms with Gasteiger partial charge < -0.3 is 23.7 Å². The van der Waals surface area contributed by atoms with Crippen LogP contribution in [0.15, 0.2) is 18.2 Å². The molecule has 1 aliphatic rings. The Balaban J connectivity index is 1.80. The van der Waals surface area contributed by atoms with Crippen molar-refractivity contribution in [3.63, 3.8) is 0 Å². The Morgan fingerprint density at radius 2 is 1.55 bits per heavy atom. The third kappa shape index (κ3) is 12.7. The van der Waals surface area contributed by atoms with E-state index in [2.05, 4.69) is 6.92 Å². The molecule has 0 bridgehead atoms. The zero-order valence-corrected chi connectivity index (χ0v) is 20.9. The quantitative estimate of drug-likeness (QED) is 0.269. The maximum Gasteiger partial charge on any atom is 0.256 e.